The Kier molecular flexibility index (Phi) is 4.20. The van der Waals surface area contributed by atoms with Crippen LogP contribution in [0.15, 0.2) is 42.1 Å². The van der Waals surface area contributed by atoms with E-state index in [9.17, 15) is 4.79 Å². The Balaban J connectivity index is 1.79. The summed E-state index contributed by atoms with van der Waals surface area (Å²) >= 11 is 0. The summed E-state index contributed by atoms with van der Waals surface area (Å²) < 4.78 is 5.17. The number of carbonyl (C=O) groups excluding carboxylic acids is 1. The number of pyridine rings is 1. The van der Waals surface area contributed by atoms with Gasteiger partial charge in [-0.1, -0.05) is 17.7 Å². The van der Waals surface area contributed by atoms with Crippen LogP contribution >= 0.6 is 0 Å². The molecule has 2 aromatic rings. The highest BCUT2D eigenvalue weighted by Gasteiger charge is 2.22. The Morgan fingerprint density at radius 2 is 2.09 bits per heavy atom. The third-order valence-electron chi connectivity index (χ3n) is 3.95. The molecule has 0 bridgehead atoms. The fourth-order valence-electron chi connectivity index (χ4n) is 2.83. The molecule has 0 atom stereocenters. The number of hydrogen-bond donors (Lipinski definition) is 0. The zero-order chi connectivity index (χ0) is 16.2. The second kappa shape index (κ2) is 6.45. The SMILES string of the molecule is [C-]#[N+]CC(=O)c1ccnc2c1CC(Cc1ccc(OC)cc1)=C2. The molecule has 114 valence electrons. The zero-order valence-electron chi connectivity index (χ0n) is 12.9. The monoisotopic (exact) mass is 304 g/mol. The molecule has 0 radical (unpaired) electrons. The van der Waals surface area contributed by atoms with E-state index in [0.29, 0.717) is 12.0 Å². The van der Waals surface area contributed by atoms with E-state index in [1.165, 1.54) is 11.1 Å². The number of nitrogens with zero attached hydrogens (tertiary/aromatic N) is 2. The van der Waals surface area contributed by atoms with Crippen LogP contribution in [-0.2, 0) is 12.8 Å². The van der Waals surface area contributed by atoms with Gasteiger partial charge in [0.2, 0.25) is 5.78 Å². The van der Waals surface area contributed by atoms with Crippen molar-refractivity contribution in [3.8, 4) is 5.75 Å². The van der Waals surface area contributed by atoms with Gasteiger partial charge in [-0.25, -0.2) is 6.57 Å². The molecule has 0 saturated carbocycles. The number of hydrogen-bond acceptors (Lipinski definition) is 3. The summed E-state index contributed by atoms with van der Waals surface area (Å²) in [5, 5.41) is 0. The molecule has 1 aliphatic rings. The highest BCUT2D eigenvalue weighted by Crippen LogP contribution is 2.29. The molecule has 23 heavy (non-hydrogen) atoms. The van der Waals surface area contributed by atoms with E-state index < -0.39 is 0 Å². The van der Waals surface area contributed by atoms with Crippen molar-refractivity contribution in [1.82, 2.24) is 4.98 Å². The van der Waals surface area contributed by atoms with Gasteiger partial charge in [0.25, 0.3) is 6.54 Å². The third-order valence-corrected chi connectivity index (χ3v) is 3.95. The van der Waals surface area contributed by atoms with Gasteiger partial charge in [-0.2, -0.15) is 0 Å². The van der Waals surface area contributed by atoms with Gasteiger partial charge in [0.1, 0.15) is 5.75 Å². The van der Waals surface area contributed by atoms with Crippen LogP contribution in [0.2, 0.25) is 0 Å². The Bertz CT molecular complexity index is 814. The lowest BCUT2D eigenvalue weighted by molar-refractivity contribution is 0.101. The van der Waals surface area contributed by atoms with Crippen LogP contribution < -0.4 is 4.74 Å². The summed E-state index contributed by atoms with van der Waals surface area (Å²) in [5.74, 6) is 0.712. The van der Waals surface area contributed by atoms with E-state index in [1.54, 1.807) is 19.4 Å². The average molecular weight is 304 g/mol. The minimum absolute atomic E-state index is 0.107. The Labute approximate surface area is 135 Å². The highest BCUT2D eigenvalue weighted by atomic mass is 16.5. The molecule has 0 aliphatic heterocycles. The van der Waals surface area contributed by atoms with Gasteiger partial charge in [-0.3, -0.25) is 9.78 Å². The first-order chi connectivity index (χ1) is 11.2. The van der Waals surface area contributed by atoms with E-state index in [4.69, 9.17) is 11.3 Å². The maximum absolute atomic E-state index is 12.1. The van der Waals surface area contributed by atoms with E-state index in [2.05, 4.69) is 9.83 Å². The lowest BCUT2D eigenvalue weighted by Crippen LogP contribution is -2.07. The fraction of sp³-hybridized carbons (Fsp3) is 0.211. The molecule has 0 amide bonds. The summed E-state index contributed by atoms with van der Waals surface area (Å²) in [6.07, 6.45) is 5.22. The number of fused-ring (bicyclic) bond motifs is 1. The maximum Gasteiger partial charge on any atom is 0.276 e. The predicted octanol–water partition coefficient (Wildman–Crippen LogP) is 3.37. The van der Waals surface area contributed by atoms with Crippen LogP contribution in [0.4, 0.5) is 0 Å². The average Bonchev–Trinajstić information content (AvgIpc) is 2.98. The van der Waals surface area contributed by atoms with Gasteiger partial charge in [-0.05, 0) is 48.2 Å². The third kappa shape index (κ3) is 3.14. The zero-order valence-corrected chi connectivity index (χ0v) is 12.9. The van der Waals surface area contributed by atoms with Crippen molar-refractivity contribution in [2.45, 2.75) is 12.8 Å². The predicted molar refractivity (Wildman–Crippen MR) is 88.4 cm³/mol. The van der Waals surface area contributed by atoms with E-state index >= 15 is 0 Å². The summed E-state index contributed by atoms with van der Waals surface area (Å²) in [4.78, 5) is 19.6. The molecule has 4 heteroatoms. The van der Waals surface area contributed by atoms with Crippen LogP contribution in [-0.4, -0.2) is 24.4 Å². The van der Waals surface area contributed by atoms with E-state index in [-0.39, 0.29) is 12.3 Å². The molecule has 0 unspecified atom stereocenters. The van der Waals surface area contributed by atoms with Crippen molar-refractivity contribution in [3.63, 3.8) is 0 Å². The smallest absolute Gasteiger partial charge is 0.276 e. The fourth-order valence-corrected chi connectivity index (χ4v) is 2.83. The summed E-state index contributed by atoms with van der Waals surface area (Å²) in [6.45, 7) is 6.76. The second-order valence-electron chi connectivity index (χ2n) is 5.47. The molecule has 0 saturated heterocycles. The molecule has 1 aromatic carbocycles. The van der Waals surface area contributed by atoms with E-state index in [1.807, 2.05) is 30.3 Å². The normalized spacial score (nSPS) is 12.3. The molecule has 0 fully saturated rings. The number of ketones is 1. The first-order valence-electron chi connectivity index (χ1n) is 7.38. The van der Waals surface area contributed by atoms with Crippen molar-refractivity contribution in [2.24, 2.45) is 0 Å². The van der Waals surface area contributed by atoms with Gasteiger partial charge in [0, 0.05) is 11.8 Å². The summed E-state index contributed by atoms with van der Waals surface area (Å²) in [7, 11) is 1.65. The molecule has 4 nitrogen and oxygen atoms in total. The Morgan fingerprint density at radius 1 is 1.30 bits per heavy atom. The number of carbonyl (C=O) groups is 1. The topological polar surface area (TPSA) is 43.5 Å². The Morgan fingerprint density at radius 3 is 2.78 bits per heavy atom. The maximum atomic E-state index is 12.1. The van der Waals surface area contributed by atoms with E-state index in [0.717, 1.165) is 23.4 Å². The van der Waals surface area contributed by atoms with Crippen LogP contribution in [0.25, 0.3) is 10.9 Å². The van der Waals surface area contributed by atoms with Crippen molar-refractivity contribution >= 4 is 11.9 Å². The number of benzene rings is 1. The molecule has 0 N–H and O–H groups in total. The first kappa shape index (κ1) is 15.0. The molecular weight excluding hydrogens is 288 g/mol. The number of aromatic nitrogens is 1. The van der Waals surface area contributed by atoms with Crippen LogP contribution in [0, 0.1) is 6.57 Å². The molecule has 0 spiro atoms. The number of Topliss-reactive ketones (excluding diaryl/α,β-unsaturated/α-hetero) is 1. The van der Waals surface area contributed by atoms with Gasteiger partial charge in [0.05, 0.1) is 12.8 Å². The van der Waals surface area contributed by atoms with Crippen molar-refractivity contribution in [1.29, 1.82) is 0 Å². The lowest BCUT2D eigenvalue weighted by atomic mass is 9.99. The van der Waals surface area contributed by atoms with Gasteiger partial charge >= 0.3 is 0 Å². The van der Waals surface area contributed by atoms with Crippen molar-refractivity contribution in [2.75, 3.05) is 13.7 Å². The van der Waals surface area contributed by atoms with Gasteiger partial charge in [-0.15, -0.1) is 0 Å². The standard InChI is InChI=1S/C19H16N2O2/c1-20-12-19(22)16-7-8-21-18-11-14(10-17(16)18)9-13-3-5-15(23-2)6-4-13/h3-8,11H,9-10,12H2,2H3. The largest absolute Gasteiger partial charge is 0.497 e. The molecule has 3 rings (SSSR count). The minimum atomic E-state index is -0.127. The first-order valence-corrected chi connectivity index (χ1v) is 7.38. The van der Waals surface area contributed by atoms with Crippen molar-refractivity contribution in [3.05, 3.63) is 75.9 Å². The highest BCUT2D eigenvalue weighted by molar-refractivity contribution is 6.00. The molecule has 1 aliphatic carbocycles. The Hall–Kier alpha value is -2.93. The van der Waals surface area contributed by atoms with Crippen LogP contribution in [0.1, 0.15) is 27.2 Å². The molecule has 1 aromatic heterocycles. The molecule has 1 heterocycles. The summed E-state index contributed by atoms with van der Waals surface area (Å²) in [6, 6.07) is 9.70. The van der Waals surface area contributed by atoms with Gasteiger partial charge in [0.15, 0.2) is 0 Å². The minimum Gasteiger partial charge on any atom is -0.497 e. The number of methoxy groups -OCH3 is 1. The number of rotatable bonds is 5. The van der Waals surface area contributed by atoms with Crippen LogP contribution in [0.5, 0.6) is 5.75 Å². The second-order valence-corrected chi connectivity index (χ2v) is 5.47. The number of ether oxygens (including phenoxy) is 1. The van der Waals surface area contributed by atoms with Gasteiger partial charge < -0.3 is 9.58 Å². The van der Waals surface area contributed by atoms with Crippen molar-refractivity contribution < 1.29 is 9.53 Å². The lowest BCUT2D eigenvalue weighted by Gasteiger charge is -2.06. The number of allylic oxidation sites excluding steroid dienone is 1. The summed E-state index contributed by atoms with van der Waals surface area (Å²) in [5.41, 5.74) is 4.85. The quantitative estimate of drug-likeness (QED) is 0.628. The molecular formula is C19H16N2O2. The van der Waals surface area contributed by atoms with Crippen LogP contribution in [0.3, 0.4) is 0 Å².